The highest BCUT2D eigenvalue weighted by Crippen LogP contribution is 2.33. The van der Waals surface area contributed by atoms with Crippen LogP contribution in [0.4, 0.5) is 10.5 Å². The molecule has 0 radical (unpaired) electrons. The van der Waals surface area contributed by atoms with E-state index in [1.54, 1.807) is 55.5 Å². The Morgan fingerprint density at radius 1 is 1.15 bits per heavy atom. The summed E-state index contributed by atoms with van der Waals surface area (Å²) in [6.07, 6.45) is 0.296. The molecular weight excluding hydrogens is 448 g/mol. The lowest BCUT2D eigenvalue weighted by molar-refractivity contribution is -0.139. The van der Waals surface area contributed by atoms with E-state index in [0.717, 1.165) is 9.80 Å². The molecule has 0 unspecified atom stereocenters. The SMILES string of the molecule is CC[C@]1(c2ccc(OC)cc2)NC(=O)N(CC(=O)N(C)CC(=O)Nc2ccccc2Cl)C1=O. The molecule has 10 heteroatoms. The fraction of sp³-hybridized carbons (Fsp3) is 0.304. The summed E-state index contributed by atoms with van der Waals surface area (Å²) in [6, 6.07) is 12.9. The highest BCUT2D eigenvalue weighted by molar-refractivity contribution is 6.33. The van der Waals surface area contributed by atoms with E-state index in [1.165, 1.54) is 14.2 Å². The quantitative estimate of drug-likeness (QED) is 0.574. The van der Waals surface area contributed by atoms with Gasteiger partial charge in [0.1, 0.15) is 17.8 Å². The molecule has 1 fully saturated rings. The largest absolute Gasteiger partial charge is 0.497 e. The average molecular weight is 473 g/mol. The third-order valence-electron chi connectivity index (χ3n) is 5.54. The number of urea groups is 1. The van der Waals surface area contributed by atoms with Crippen molar-refractivity contribution < 1.29 is 23.9 Å². The number of anilines is 1. The van der Waals surface area contributed by atoms with Crippen molar-refractivity contribution in [3.05, 3.63) is 59.1 Å². The fourth-order valence-corrected chi connectivity index (χ4v) is 3.78. The highest BCUT2D eigenvalue weighted by Gasteiger charge is 2.51. The van der Waals surface area contributed by atoms with Gasteiger partial charge < -0.3 is 20.3 Å². The fourth-order valence-electron chi connectivity index (χ4n) is 3.60. The topological polar surface area (TPSA) is 108 Å². The third-order valence-corrected chi connectivity index (χ3v) is 5.87. The summed E-state index contributed by atoms with van der Waals surface area (Å²) in [5, 5.41) is 5.72. The maximum absolute atomic E-state index is 13.2. The number of amides is 5. The van der Waals surface area contributed by atoms with Crippen LogP contribution in [0.3, 0.4) is 0 Å². The molecule has 33 heavy (non-hydrogen) atoms. The Morgan fingerprint density at radius 3 is 2.42 bits per heavy atom. The minimum Gasteiger partial charge on any atom is -0.497 e. The summed E-state index contributed by atoms with van der Waals surface area (Å²) < 4.78 is 5.15. The number of para-hydroxylation sites is 1. The van der Waals surface area contributed by atoms with Gasteiger partial charge >= 0.3 is 6.03 Å². The number of imide groups is 1. The number of nitrogens with zero attached hydrogens (tertiary/aromatic N) is 2. The first-order chi connectivity index (χ1) is 15.7. The molecule has 1 heterocycles. The van der Waals surface area contributed by atoms with Gasteiger partial charge in [0.15, 0.2) is 0 Å². The van der Waals surface area contributed by atoms with E-state index in [-0.39, 0.29) is 6.54 Å². The molecule has 0 spiro atoms. The molecule has 0 aromatic heterocycles. The van der Waals surface area contributed by atoms with Gasteiger partial charge in [0.05, 0.1) is 24.4 Å². The second-order valence-corrected chi connectivity index (χ2v) is 7.99. The molecule has 5 amide bonds. The number of nitrogens with one attached hydrogen (secondary N) is 2. The second kappa shape index (κ2) is 9.91. The molecule has 2 aromatic rings. The molecule has 0 aliphatic carbocycles. The molecule has 1 aliphatic rings. The number of carbonyl (C=O) groups is 4. The molecule has 2 aromatic carbocycles. The Bertz CT molecular complexity index is 1070. The molecule has 1 aliphatic heterocycles. The Balaban J connectivity index is 1.67. The van der Waals surface area contributed by atoms with E-state index in [9.17, 15) is 19.2 Å². The van der Waals surface area contributed by atoms with Gasteiger partial charge in [-0.05, 0) is 36.2 Å². The first-order valence-electron chi connectivity index (χ1n) is 10.3. The van der Waals surface area contributed by atoms with Crippen LogP contribution in [0.25, 0.3) is 0 Å². The van der Waals surface area contributed by atoms with Crippen LogP contribution in [0.15, 0.2) is 48.5 Å². The van der Waals surface area contributed by atoms with Crippen LogP contribution in [0, 0.1) is 0 Å². The number of carbonyl (C=O) groups excluding carboxylic acids is 4. The molecule has 9 nitrogen and oxygen atoms in total. The average Bonchev–Trinajstić information content (AvgIpc) is 3.05. The normalized spacial score (nSPS) is 17.5. The van der Waals surface area contributed by atoms with E-state index >= 15 is 0 Å². The lowest BCUT2D eigenvalue weighted by Crippen LogP contribution is -2.46. The van der Waals surface area contributed by atoms with E-state index in [2.05, 4.69) is 10.6 Å². The summed E-state index contributed by atoms with van der Waals surface area (Å²) in [5.41, 5.74) is -0.262. The van der Waals surface area contributed by atoms with Gasteiger partial charge in [-0.1, -0.05) is 42.8 Å². The maximum Gasteiger partial charge on any atom is 0.325 e. The molecule has 0 bridgehead atoms. The molecule has 1 saturated heterocycles. The molecule has 1 atom stereocenters. The maximum atomic E-state index is 13.2. The molecular formula is C23H25ClN4O5. The van der Waals surface area contributed by atoms with Gasteiger partial charge in [-0.25, -0.2) is 4.79 Å². The smallest absolute Gasteiger partial charge is 0.325 e. The number of rotatable bonds is 8. The van der Waals surface area contributed by atoms with Crippen LogP contribution in [0.1, 0.15) is 18.9 Å². The van der Waals surface area contributed by atoms with Gasteiger partial charge in [-0.2, -0.15) is 0 Å². The van der Waals surface area contributed by atoms with Crippen molar-refractivity contribution in [3.63, 3.8) is 0 Å². The minimum absolute atomic E-state index is 0.273. The summed E-state index contributed by atoms with van der Waals surface area (Å²) in [7, 11) is 2.95. The number of likely N-dealkylation sites (N-methyl/N-ethyl adjacent to an activating group) is 1. The lowest BCUT2D eigenvalue weighted by atomic mass is 9.87. The van der Waals surface area contributed by atoms with Crippen molar-refractivity contribution in [1.82, 2.24) is 15.1 Å². The first-order valence-corrected chi connectivity index (χ1v) is 10.7. The van der Waals surface area contributed by atoms with E-state index in [0.29, 0.717) is 28.4 Å². The monoisotopic (exact) mass is 472 g/mol. The summed E-state index contributed by atoms with van der Waals surface area (Å²) in [5.74, 6) is -0.931. The Labute approximate surface area is 196 Å². The van der Waals surface area contributed by atoms with E-state index in [4.69, 9.17) is 16.3 Å². The summed E-state index contributed by atoms with van der Waals surface area (Å²) in [6.45, 7) is 1.02. The Kier molecular flexibility index (Phi) is 7.23. The van der Waals surface area contributed by atoms with Crippen molar-refractivity contribution >= 4 is 41.0 Å². The predicted octanol–water partition coefficient (Wildman–Crippen LogP) is 2.60. The minimum atomic E-state index is -1.27. The molecule has 2 N–H and O–H groups in total. The lowest BCUT2D eigenvalue weighted by Gasteiger charge is -2.26. The zero-order valence-corrected chi connectivity index (χ0v) is 19.3. The van der Waals surface area contributed by atoms with Crippen molar-refractivity contribution in [2.24, 2.45) is 0 Å². The van der Waals surface area contributed by atoms with Crippen molar-refractivity contribution in [2.75, 3.05) is 32.6 Å². The van der Waals surface area contributed by atoms with Crippen molar-refractivity contribution in [3.8, 4) is 5.75 Å². The van der Waals surface area contributed by atoms with Gasteiger partial charge in [0.25, 0.3) is 5.91 Å². The number of benzene rings is 2. The molecule has 3 rings (SSSR count). The van der Waals surface area contributed by atoms with Gasteiger partial charge in [0.2, 0.25) is 11.8 Å². The van der Waals surface area contributed by atoms with Crippen LogP contribution >= 0.6 is 11.6 Å². The number of hydrogen-bond acceptors (Lipinski definition) is 5. The highest BCUT2D eigenvalue weighted by atomic mass is 35.5. The van der Waals surface area contributed by atoms with Crippen LogP contribution < -0.4 is 15.4 Å². The van der Waals surface area contributed by atoms with Gasteiger partial charge in [0, 0.05) is 7.05 Å². The van der Waals surface area contributed by atoms with Crippen molar-refractivity contribution in [1.29, 1.82) is 0 Å². The number of halogens is 1. The molecule has 174 valence electrons. The standard InChI is InChI=1S/C23H25ClN4O5/c1-4-23(15-9-11-16(33-3)12-10-15)21(31)28(22(32)26-23)14-20(30)27(2)13-19(29)25-18-8-6-5-7-17(18)24/h5-12H,4,13-14H2,1-3H3,(H,25,29)(H,26,32)/t23-/m1/s1. The van der Waals surface area contributed by atoms with E-state index in [1.807, 2.05) is 0 Å². The van der Waals surface area contributed by atoms with Crippen LogP contribution in [0.2, 0.25) is 5.02 Å². The number of hydrogen-bond donors (Lipinski definition) is 2. The van der Waals surface area contributed by atoms with E-state index < -0.39 is 35.8 Å². The second-order valence-electron chi connectivity index (χ2n) is 7.59. The molecule has 0 saturated carbocycles. The third kappa shape index (κ3) is 4.93. The zero-order chi connectivity index (χ0) is 24.2. The predicted molar refractivity (Wildman–Crippen MR) is 123 cm³/mol. The first kappa shape index (κ1) is 24.1. The summed E-state index contributed by atoms with van der Waals surface area (Å²) >= 11 is 6.03. The van der Waals surface area contributed by atoms with Crippen LogP contribution in [0.5, 0.6) is 5.75 Å². The van der Waals surface area contributed by atoms with Crippen molar-refractivity contribution in [2.45, 2.75) is 18.9 Å². The van der Waals surface area contributed by atoms with Crippen LogP contribution in [-0.2, 0) is 19.9 Å². The number of methoxy groups -OCH3 is 1. The number of ether oxygens (including phenoxy) is 1. The van der Waals surface area contributed by atoms with Gasteiger partial charge in [-0.15, -0.1) is 0 Å². The Morgan fingerprint density at radius 2 is 1.82 bits per heavy atom. The van der Waals surface area contributed by atoms with Gasteiger partial charge in [-0.3, -0.25) is 19.3 Å². The zero-order valence-electron chi connectivity index (χ0n) is 18.6. The van der Waals surface area contributed by atoms with Crippen LogP contribution in [-0.4, -0.2) is 60.8 Å². The Hall–Kier alpha value is -3.59. The summed E-state index contributed by atoms with van der Waals surface area (Å²) in [4.78, 5) is 52.9.